The van der Waals surface area contributed by atoms with Crippen LogP contribution in [0, 0.1) is 23.4 Å². The summed E-state index contributed by atoms with van der Waals surface area (Å²) in [5.74, 6) is -1.49. The van der Waals surface area contributed by atoms with Crippen molar-refractivity contribution >= 4 is 29.0 Å². The SMILES string of the molecule is Cl.NC12CC1CCN(c1cc3c(cc1F)c(=O)ccn3-c1ccc(F)cc1F)C2. The van der Waals surface area contributed by atoms with Crippen LogP contribution in [0.5, 0.6) is 0 Å². The predicted octanol–water partition coefficient (Wildman–Crippen LogP) is 3.76. The zero-order valence-electron chi connectivity index (χ0n) is 15.4. The van der Waals surface area contributed by atoms with Gasteiger partial charge in [0.15, 0.2) is 5.43 Å². The molecular weight excluding hydrogens is 403 g/mol. The molecule has 1 saturated carbocycles. The van der Waals surface area contributed by atoms with Crippen molar-refractivity contribution in [1.29, 1.82) is 0 Å². The summed E-state index contributed by atoms with van der Waals surface area (Å²) in [7, 11) is 0. The molecule has 2 heterocycles. The van der Waals surface area contributed by atoms with Gasteiger partial charge in [0, 0.05) is 42.3 Å². The number of nitrogens with zero attached hydrogens (tertiary/aromatic N) is 2. The normalized spacial score (nSPS) is 22.9. The van der Waals surface area contributed by atoms with Crippen molar-refractivity contribution in [2.24, 2.45) is 11.7 Å². The second kappa shape index (κ2) is 6.78. The number of piperidine rings is 1. The molecule has 2 atom stereocenters. The van der Waals surface area contributed by atoms with Gasteiger partial charge >= 0.3 is 0 Å². The van der Waals surface area contributed by atoms with E-state index >= 15 is 0 Å². The summed E-state index contributed by atoms with van der Waals surface area (Å²) in [4.78, 5) is 14.2. The van der Waals surface area contributed by atoms with Gasteiger partial charge in [-0.25, -0.2) is 13.2 Å². The standard InChI is InChI=1S/C21H18F3N3O.ClH/c22-13-1-2-17(15(23)7-13)27-6-4-20(28)14-8-16(24)19(9-18(14)27)26-5-3-12-10-21(12,25)11-26;/h1-2,4,6-9,12H,3,5,10-11,25H2;1H. The Morgan fingerprint density at radius 1 is 1.03 bits per heavy atom. The molecule has 4 nitrogen and oxygen atoms in total. The lowest BCUT2D eigenvalue weighted by molar-refractivity contribution is 0.485. The zero-order chi connectivity index (χ0) is 19.6. The summed E-state index contributed by atoms with van der Waals surface area (Å²) in [6.07, 6.45) is 3.24. The molecule has 2 N–H and O–H groups in total. The molecule has 0 amide bonds. The maximum absolute atomic E-state index is 14.9. The summed E-state index contributed by atoms with van der Waals surface area (Å²) < 4.78 is 44.0. The van der Waals surface area contributed by atoms with Crippen LogP contribution in [0.4, 0.5) is 18.9 Å². The van der Waals surface area contributed by atoms with Crippen LogP contribution in [0.1, 0.15) is 12.8 Å². The average Bonchev–Trinajstić information content (AvgIpc) is 3.33. The fourth-order valence-corrected chi connectivity index (χ4v) is 4.32. The van der Waals surface area contributed by atoms with Crippen molar-refractivity contribution in [3.8, 4) is 5.69 Å². The first kappa shape index (κ1) is 19.8. The van der Waals surface area contributed by atoms with E-state index < -0.39 is 17.5 Å². The highest BCUT2D eigenvalue weighted by molar-refractivity contribution is 5.85. The van der Waals surface area contributed by atoms with Gasteiger partial charge in [-0.2, -0.15) is 0 Å². The topological polar surface area (TPSA) is 51.3 Å². The lowest BCUT2D eigenvalue weighted by Crippen LogP contribution is -2.45. The maximum Gasteiger partial charge on any atom is 0.189 e. The van der Waals surface area contributed by atoms with Crippen LogP contribution in [0.25, 0.3) is 16.6 Å². The van der Waals surface area contributed by atoms with Crippen LogP contribution in [0.3, 0.4) is 0 Å². The summed E-state index contributed by atoms with van der Waals surface area (Å²) in [6.45, 7) is 1.22. The third-order valence-corrected chi connectivity index (χ3v) is 5.99. The molecule has 0 bridgehead atoms. The van der Waals surface area contributed by atoms with E-state index in [9.17, 15) is 18.0 Å². The number of fused-ring (bicyclic) bond motifs is 2. The highest BCUT2D eigenvalue weighted by Gasteiger charge is 2.54. The number of pyridine rings is 1. The molecule has 152 valence electrons. The van der Waals surface area contributed by atoms with Crippen molar-refractivity contribution in [3.63, 3.8) is 0 Å². The number of rotatable bonds is 2. The average molecular weight is 422 g/mol. The van der Waals surface area contributed by atoms with E-state index in [0.29, 0.717) is 30.2 Å². The number of hydrogen-bond donors (Lipinski definition) is 1. The Kier molecular flexibility index (Phi) is 4.63. The van der Waals surface area contributed by atoms with E-state index in [4.69, 9.17) is 5.73 Å². The van der Waals surface area contributed by atoms with E-state index in [1.165, 1.54) is 29.0 Å². The first-order chi connectivity index (χ1) is 13.4. The molecule has 2 aromatic carbocycles. The Bertz CT molecular complexity index is 1180. The van der Waals surface area contributed by atoms with Crippen molar-refractivity contribution in [1.82, 2.24) is 4.57 Å². The second-order valence-electron chi connectivity index (χ2n) is 7.81. The molecule has 5 rings (SSSR count). The fourth-order valence-electron chi connectivity index (χ4n) is 4.32. The van der Waals surface area contributed by atoms with Gasteiger partial charge in [0.25, 0.3) is 0 Å². The van der Waals surface area contributed by atoms with E-state index in [-0.39, 0.29) is 34.4 Å². The third-order valence-electron chi connectivity index (χ3n) is 5.99. The van der Waals surface area contributed by atoms with E-state index in [1.54, 1.807) is 6.07 Å². The Morgan fingerprint density at radius 3 is 2.52 bits per heavy atom. The molecule has 1 aliphatic heterocycles. The van der Waals surface area contributed by atoms with Gasteiger partial charge in [0.05, 0.1) is 16.9 Å². The van der Waals surface area contributed by atoms with Crippen LogP contribution in [0.2, 0.25) is 0 Å². The third kappa shape index (κ3) is 3.18. The first-order valence-electron chi connectivity index (χ1n) is 9.20. The van der Waals surface area contributed by atoms with Crippen molar-refractivity contribution in [2.45, 2.75) is 18.4 Å². The molecular formula is C21H19ClF3N3O. The van der Waals surface area contributed by atoms with Crippen LogP contribution in [0.15, 0.2) is 47.4 Å². The minimum atomic E-state index is -0.768. The molecule has 8 heteroatoms. The molecule has 3 aromatic rings. The summed E-state index contributed by atoms with van der Waals surface area (Å²) >= 11 is 0. The fraction of sp³-hybridized carbons (Fsp3) is 0.286. The molecule has 2 fully saturated rings. The monoisotopic (exact) mass is 421 g/mol. The molecule has 2 unspecified atom stereocenters. The maximum atomic E-state index is 14.9. The Hall–Kier alpha value is -2.51. The van der Waals surface area contributed by atoms with Crippen LogP contribution in [-0.2, 0) is 0 Å². The second-order valence-corrected chi connectivity index (χ2v) is 7.81. The van der Waals surface area contributed by atoms with Gasteiger partial charge in [0.2, 0.25) is 0 Å². The van der Waals surface area contributed by atoms with E-state index in [0.717, 1.165) is 25.0 Å². The van der Waals surface area contributed by atoms with Gasteiger partial charge < -0.3 is 15.2 Å². The Morgan fingerprint density at radius 2 is 1.79 bits per heavy atom. The molecule has 1 aliphatic carbocycles. The molecule has 0 radical (unpaired) electrons. The van der Waals surface area contributed by atoms with Gasteiger partial charge in [-0.3, -0.25) is 4.79 Å². The van der Waals surface area contributed by atoms with E-state index in [2.05, 4.69) is 0 Å². The summed E-state index contributed by atoms with van der Waals surface area (Å²) in [5, 5.41) is 0.135. The first-order valence-corrected chi connectivity index (χ1v) is 9.20. The number of aromatic nitrogens is 1. The highest BCUT2D eigenvalue weighted by Crippen LogP contribution is 2.48. The minimum absolute atomic E-state index is 0. The summed E-state index contributed by atoms with van der Waals surface area (Å²) in [5.41, 5.74) is 6.45. The summed E-state index contributed by atoms with van der Waals surface area (Å²) in [6, 6.07) is 7.20. The minimum Gasteiger partial charge on any atom is -0.367 e. The Labute approximate surface area is 171 Å². The smallest absolute Gasteiger partial charge is 0.189 e. The molecule has 0 spiro atoms. The molecule has 2 aliphatic rings. The Balaban J connectivity index is 0.00000205. The van der Waals surface area contributed by atoms with E-state index in [1.807, 2.05) is 4.90 Å². The predicted molar refractivity (Wildman–Crippen MR) is 109 cm³/mol. The van der Waals surface area contributed by atoms with Crippen molar-refractivity contribution in [2.75, 3.05) is 18.0 Å². The number of benzene rings is 2. The molecule has 1 saturated heterocycles. The lowest BCUT2D eigenvalue weighted by Gasteiger charge is -2.33. The van der Waals surface area contributed by atoms with Gasteiger partial charge in [-0.05, 0) is 43.0 Å². The molecule has 29 heavy (non-hydrogen) atoms. The van der Waals surface area contributed by atoms with Gasteiger partial charge in [0.1, 0.15) is 17.5 Å². The van der Waals surface area contributed by atoms with Gasteiger partial charge in [-0.15, -0.1) is 12.4 Å². The largest absolute Gasteiger partial charge is 0.367 e. The van der Waals surface area contributed by atoms with Crippen LogP contribution < -0.4 is 16.1 Å². The van der Waals surface area contributed by atoms with Crippen molar-refractivity contribution < 1.29 is 13.2 Å². The number of halogens is 4. The van der Waals surface area contributed by atoms with Crippen molar-refractivity contribution in [3.05, 3.63) is 70.3 Å². The lowest BCUT2D eigenvalue weighted by atomic mass is 10.0. The highest BCUT2D eigenvalue weighted by atomic mass is 35.5. The number of anilines is 1. The zero-order valence-corrected chi connectivity index (χ0v) is 16.2. The number of nitrogens with two attached hydrogens (primary N) is 1. The number of hydrogen-bond acceptors (Lipinski definition) is 3. The van der Waals surface area contributed by atoms with Gasteiger partial charge in [-0.1, -0.05) is 0 Å². The quantitative estimate of drug-likeness (QED) is 0.685. The van der Waals surface area contributed by atoms with Crippen LogP contribution in [-0.4, -0.2) is 23.2 Å². The molecule has 1 aromatic heterocycles. The van der Waals surface area contributed by atoms with Crippen LogP contribution >= 0.6 is 12.4 Å².